The molecule has 1 amide bonds. The minimum atomic E-state index is -0.335. The number of rotatable bonds is 1. The van der Waals surface area contributed by atoms with Crippen LogP contribution in [0.3, 0.4) is 0 Å². The molecule has 0 atom stereocenters. The number of carbonyl (C=O) groups excluding carboxylic acids is 1. The molecule has 5 nitrogen and oxygen atoms in total. The van der Waals surface area contributed by atoms with Gasteiger partial charge in [0, 0.05) is 9.86 Å². The van der Waals surface area contributed by atoms with Crippen LogP contribution in [0.2, 0.25) is 0 Å². The molecule has 0 unspecified atom stereocenters. The molecule has 4 N–H and O–H groups in total. The van der Waals surface area contributed by atoms with E-state index in [9.17, 15) is 4.79 Å². The van der Waals surface area contributed by atoms with Gasteiger partial charge in [0.15, 0.2) is 0 Å². The smallest absolute Gasteiger partial charge is 0.265 e. The molecule has 6 heteroatoms. The maximum Gasteiger partial charge on any atom is 0.265 e. The first-order valence-corrected chi connectivity index (χ1v) is 4.65. The molecule has 0 radical (unpaired) electrons. The molecule has 0 aliphatic rings. The quantitative estimate of drug-likeness (QED) is 0.402. The summed E-state index contributed by atoms with van der Waals surface area (Å²) in [6.07, 6.45) is 1.59. The summed E-state index contributed by atoms with van der Waals surface area (Å²) in [5.41, 5.74) is 3.37. The number of amides is 1. The van der Waals surface area contributed by atoms with Crippen molar-refractivity contribution in [3.05, 3.63) is 28.4 Å². The highest BCUT2D eigenvalue weighted by atomic mass is 79.9. The maximum atomic E-state index is 11.4. The van der Waals surface area contributed by atoms with Crippen LogP contribution in [0, 0.1) is 0 Å². The van der Waals surface area contributed by atoms with E-state index in [1.165, 1.54) is 0 Å². The van der Waals surface area contributed by atoms with Crippen molar-refractivity contribution in [1.29, 1.82) is 0 Å². The first kappa shape index (κ1) is 9.17. The monoisotopic (exact) mass is 254 g/mol. The number of nitrogens with two attached hydrogens (primary N) is 1. The number of halogens is 1. The third kappa shape index (κ3) is 1.38. The predicted molar refractivity (Wildman–Crippen MR) is 55.4 cm³/mol. The molecule has 1 heterocycles. The van der Waals surface area contributed by atoms with Crippen molar-refractivity contribution >= 4 is 32.7 Å². The SMILES string of the molecule is NNC(=O)c1cc(Br)cc2[nH]ncc12. The van der Waals surface area contributed by atoms with Crippen LogP contribution < -0.4 is 11.3 Å². The standard InChI is InChI=1S/C8H7BrN4O/c9-4-1-5(8(14)12-10)6-3-11-13-7(6)2-4/h1-3H,10H2,(H,11,13)(H,12,14). The summed E-state index contributed by atoms with van der Waals surface area (Å²) < 4.78 is 0.799. The molecular weight excluding hydrogens is 248 g/mol. The van der Waals surface area contributed by atoms with Gasteiger partial charge < -0.3 is 0 Å². The Kier molecular flexibility index (Phi) is 2.22. The second-order valence-corrected chi connectivity index (χ2v) is 3.67. The number of fused-ring (bicyclic) bond motifs is 1. The lowest BCUT2D eigenvalue weighted by Crippen LogP contribution is -2.30. The highest BCUT2D eigenvalue weighted by molar-refractivity contribution is 9.10. The van der Waals surface area contributed by atoms with Crippen molar-refractivity contribution in [3.8, 4) is 0 Å². The van der Waals surface area contributed by atoms with Crippen molar-refractivity contribution in [2.24, 2.45) is 5.84 Å². The summed E-state index contributed by atoms with van der Waals surface area (Å²) in [6, 6.07) is 3.54. The molecule has 2 aromatic rings. The zero-order valence-corrected chi connectivity index (χ0v) is 8.63. The number of nitrogen functional groups attached to an aromatic ring is 1. The lowest BCUT2D eigenvalue weighted by Gasteiger charge is -2.01. The van der Waals surface area contributed by atoms with Gasteiger partial charge in [-0.05, 0) is 12.1 Å². The Bertz CT molecular complexity index is 493. The number of aromatic amines is 1. The van der Waals surface area contributed by atoms with Gasteiger partial charge >= 0.3 is 0 Å². The predicted octanol–water partition coefficient (Wildman–Crippen LogP) is 0.929. The number of hydrazine groups is 1. The zero-order chi connectivity index (χ0) is 10.1. The van der Waals surface area contributed by atoms with Crippen LogP contribution in [0.1, 0.15) is 10.4 Å². The third-order valence-electron chi connectivity index (χ3n) is 1.90. The van der Waals surface area contributed by atoms with Crippen molar-refractivity contribution < 1.29 is 4.79 Å². The zero-order valence-electron chi connectivity index (χ0n) is 7.04. The van der Waals surface area contributed by atoms with Crippen molar-refractivity contribution in [2.45, 2.75) is 0 Å². The lowest BCUT2D eigenvalue weighted by molar-refractivity contribution is 0.0955. The number of nitrogens with one attached hydrogen (secondary N) is 2. The first-order chi connectivity index (χ1) is 6.72. The number of hydrogen-bond donors (Lipinski definition) is 3. The summed E-state index contributed by atoms with van der Waals surface area (Å²) in [6.45, 7) is 0. The number of benzene rings is 1. The van der Waals surface area contributed by atoms with Crippen LogP contribution in [0.15, 0.2) is 22.8 Å². The fraction of sp³-hybridized carbons (Fsp3) is 0. The normalized spacial score (nSPS) is 10.4. The Morgan fingerprint density at radius 3 is 3.07 bits per heavy atom. The van der Waals surface area contributed by atoms with E-state index >= 15 is 0 Å². The molecule has 2 rings (SSSR count). The van der Waals surface area contributed by atoms with E-state index in [0.717, 1.165) is 15.4 Å². The molecular formula is C8H7BrN4O. The van der Waals surface area contributed by atoms with Gasteiger partial charge in [0.05, 0.1) is 17.3 Å². The molecule has 0 saturated carbocycles. The molecule has 72 valence electrons. The van der Waals surface area contributed by atoms with Crippen molar-refractivity contribution in [1.82, 2.24) is 15.6 Å². The van der Waals surface area contributed by atoms with Crippen LogP contribution >= 0.6 is 15.9 Å². The molecule has 0 bridgehead atoms. The number of nitrogens with zero attached hydrogens (tertiary/aromatic N) is 1. The van der Waals surface area contributed by atoms with E-state index in [2.05, 4.69) is 31.6 Å². The van der Waals surface area contributed by atoms with E-state index < -0.39 is 0 Å². The minimum absolute atomic E-state index is 0.335. The summed E-state index contributed by atoms with van der Waals surface area (Å²) in [7, 11) is 0. The van der Waals surface area contributed by atoms with E-state index in [4.69, 9.17) is 5.84 Å². The van der Waals surface area contributed by atoms with Crippen LogP contribution in [0.5, 0.6) is 0 Å². The second-order valence-electron chi connectivity index (χ2n) is 2.76. The van der Waals surface area contributed by atoms with Crippen LogP contribution in [0.4, 0.5) is 0 Å². The maximum absolute atomic E-state index is 11.4. The summed E-state index contributed by atoms with van der Waals surface area (Å²) >= 11 is 3.30. The van der Waals surface area contributed by atoms with Gasteiger partial charge in [0.1, 0.15) is 0 Å². The van der Waals surface area contributed by atoms with Gasteiger partial charge in [-0.25, -0.2) is 5.84 Å². The summed E-state index contributed by atoms with van der Waals surface area (Å²) in [4.78, 5) is 11.4. The van der Waals surface area contributed by atoms with Crippen molar-refractivity contribution in [3.63, 3.8) is 0 Å². The van der Waals surface area contributed by atoms with Gasteiger partial charge in [-0.15, -0.1) is 0 Å². The van der Waals surface area contributed by atoms with Crippen LogP contribution in [-0.4, -0.2) is 16.1 Å². The van der Waals surface area contributed by atoms with Gasteiger partial charge in [-0.2, -0.15) is 5.10 Å². The van der Waals surface area contributed by atoms with E-state index in [1.54, 1.807) is 12.3 Å². The summed E-state index contributed by atoms with van der Waals surface area (Å²) in [5.74, 6) is 4.73. The number of carbonyl (C=O) groups is 1. The van der Waals surface area contributed by atoms with Crippen LogP contribution in [-0.2, 0) is 0 Å². The van der Waals surface area contributed by atoms with Crippen molar-refractivity contribution in [2.75, 3.05) is 0 Å². The minimum Gasteiger partial charge on any atom is -0.290 e. The molecule has 0 aliphatic carbocycles. The highest BCUT2D eigenvalue weighted by Crippen LogP contribution is 2.22. The molecule has 0 fully saturated rings. The highest BCUT2D eigenvalue weighted by Gasteiger charge is 2.10. The second kappa shape index (κ2) is 3.39. The van der Waals surface area contributed by atoms with Crippen LogP contribution in [0.25, 0.3) is 10.9 Å². The van der Waals surface area contributed by atoms with Gasteiger partial charge in [0.25, 0.3) is 5.91 Å². The fourth-order valence-corrected chi connectivity index (χ4v) is 1.74. The largest absolute Gasteiger partial charge is 0.290 e. The Balaban J connectivity index is 2.72. The Labute approximate surface area is 87.8 Å². The molecule has 0 spiro atoms. The van der Waals surface area contributed by atoms with E-state index in [1.807, 2.05) is 6.07 Å². The molecule has 14 heavy (non-hydrogen) atoms. The van der Waals surface area contributed by atoms with E-state index in [-0.39, 0.29) is 5.91 Å². The molecule has 1 aromatic carbocycles. The Morgan fingerprint density at radius 2 is 2.36 bits per heavy atom. The summed E-state index contributed by atoms with van der Waals surface area (Å²) in [5, 5.41) is 7.38. The average Bonchev–Trinajstić information content (AvgIpc) is 2.62. The fourth-order valence-electron chi connectivity index (χ4n) is 1.28. The topological polar surface area (TPSA) is 83.8 Å². The van der Waals surface area contributed by atoms with Gasteiger partial charge in [-0.3, -0.25) is 15.3 Å². The van der Waals surface area contributed by atoms with Gasteiger partial charge in [-0.1, -0.05) is 15.9 Å². The Morgan fingerprint density at radius 1 is 1.57 bits per heavy atom. The number of hydrogen-bond acceptors (Lipinski definition) is 3. The molecule has 1 aromatic heterocycles. The molecule has 0 saturated heterocycles. The number of aromatic nitrogens is 2. The lowest BCUT2D eigenvalue weighted by atomic mass is 10.1. The first-order valence-electron chi connectivity index (χ1n) is 3.86. The van der Waals surface area contributed by atoms with Gasteiger partial charge in [0.2, 0.25) is 0 Å². The average molecular weight is 255 g/mol. The molecule has 0 aliphatic heterocycles. The number of H-pyrrole nitrogens is 1. The third-order valence-corrected chi connectivity index (χ3v) is 2.36. The Hall–Kier alpha value is -1.40. The van der Waals surface area contributed by atoms with E-state index in [0.29, 0.717) is 5.56 Å².